The first kappa shape index (κ1) is 24.8. The quantitative estimate of drug-likeness (QED) is 0.459. The van der Waals surface area contributed by atoms with Crippen LogP contribution >= 0.6 is 0 Å². The molecule has 0 atom stereocenters. The van der Waals surface area contributed by atoms with E-state index in [0.717, 1.165) is 43.8 Å². The number of aromatic hydroxyl groups is 1. The van der Waals surface area contributed by atoms with Crippen LogP contribution in [0.1, 0.15) is 31.2 Å². The molecule has 0 unspecified atom stereocenters. The summed E-state index contributed by atoms with van der Waals surface area (Å²) in [5.74, 6) is 1.40. The van der Waals surface area contributed by atoms with Gasteiger partial charge in [0, 0.05) is 51.9 Å². The Hall–Kier alpha value is -3.86. The molecule has 2 bridgehead atoms. The van der Waals surface area contributed by atoms with E-state index in [4.69, 9.17) is 9.47 Å². The SMILES string of the molecule is CN1CCNc2ncnc3[nH]c(O)c(c23)C=Nc2ccc(N3CCOCC3)c(c2)OCCCCCC1=O. The number of carbonyl (C=O) groups excluding carboxylic acids is 1. The molecule has 0 radical (unpaired) electrons. The first-order valence-corrected chi connectivity index (χ1v) is 12.8. The fourth-order valence-electron chi connectivity index (χ4n) is 4.59. The molecule has 0 saturated carbocycles. The molecule has 4 heterocycles. The van der Waals surface area contributed by atoms with Crippen molar-refractivity contribution in [1.29, 1.82) is 0 Å². The summed E-state index contributed by atoms with van der Waals surface area (Å²) in [4.78, 5) is 32.7. The summed E-state index contributed by atoms with van der Waals surface area (Å²) in [6, 6.07) is 5.89. The Bertz CT molecular complexity index is 1270. The van der Waals surface area contributed by atoms with Gasteiger partial charge in [0.25, 0.3) is 0 Å². The fraction of sp³-hybridized carbons (Fsp3) is 0.462. The number of anilines is 2. The molecule has 3 N–H and O–H groups in total. The number of rotatable bonds is 1. The number of morpholine rings is 1. The van der Waals surface area contributed by atoms with Crippen molar-refractivity contribution in [2.24, 2.45) is 4.99 Å². The number of aromatic nitrogens is 3. The normalized spacial score (nSPS) is 18.0. The Labute approximate surface area is 215 Å². The molecule has 1 fully saturated rings. The molecule has 0 spiro atoms. The van der Waals surface area contributed by atoms with Gasteiger partial charge in [-0.15, -0.1) is 0 Å². The lowest BCUT2D eigenvalue weighted by Crippen LogP contribution is -2.36. The Morgan fingerprint density at radius 3 is 2.78 bits per heavy atom. The standard InChI is InChI=1S/C26H33N7O4/c1-32-9-8-27-24-23-19(26(35)31-25(23)30-17-29-24)16-28-18-6-7-20(33-10-13-36-14-11-33)21(15-18)37-12-4-2-3-5-22(32)34/h6-7,15-17,35H,2-5,8-14H2,1H3,(H2,27,29,30,31). The predicted molar refractivity (Wildman–Crippen MR) is 142 cm³/mol. The third-order valence-electron chi connectivity index (χ3n) is 6.70. The summed E-state index contributed by atoms with van der Waals surface area (Å²) in [5, 5.41) is 14.5. The monoisotopic (exact) mass is 507 g/mol. The van der Waals surface area contributed by atoms with Crippen LogP contribution in [0.4, 0.5) is 17.2 Å². The predicted octanol–water partition coefficient (Wildman–Crippen LogP) is 3.07. The van der Waals surface area contributed by atoms with E-state index < -0.39 is 0 Å². The number of carbonyl (C=O) groups is 1. The molecule has 37 heavy (non-hydrogen) atoms. The summed E-state index contributed by atoms with van der Waals surface area (Å²) in [6.45, 7) is 4.56. The Morgan fingerprint density at radius 1 is 1.05 bits per heavy atom. The fourth-order valence-corrected chi connectivity index (χ4v) is 4.59. The summed E-state index contributed by atoms with van der Waals surface area (Å²) in [5.41, 5.74) is 2.70. The molecule has 1 aromatic carbocycles. The minimum absolute atomic E-state index is 0.0399. The van der Waals surface area contributed by atoms with Crippen LogP contribution in [-0.4, -0.2) is 90.1 Å². The second-order valence-electron chi connectivity index (χ2n) is 9.24. The first-order chi connectivity index (χ1) is 18.1. The highest BCUT2D eigenvalue weighted by molar-refractivity contribution is 6.06. The average Bonchev–Trinajstić information content (AvgIpc) is 3.24. The molecule has 2 aliphatic heterocycles. The molecule has 2 aliphatic rings. The third-order valence-corrected chi connectivity index (χ3v) is 6.70. The summed E-state index contributed by atoms with van der Waals surface area (Å²) < 4.78 is 11.7. The number of ether oxygens (including phenoxy) is 2. The number of hydrogen-bond donors (Lipinski definition) is 3. The number of fused-ring (bicyclic) bond motifs is 2. The molecule has 3 aromatic rings. The smallest absolute Gasteiger partial charge is 0.222 e. The topological polar surface area (TPSA) is 128 Å². The van der Waals surface area contributed by atoms with Crippen molar-refractivity contribution in [2.45, 2.75) is 25.7 Å². The van der Waals surface area contributed by atoms with Gasteiger partial charge in [0.15, 0.2) is 5.88 Å². The Morgan fingerprint density at radius 2 is 1.92 bits per heavy atom. The van der Waals surface area contributed by atoms with E-state index in [-0.39, 0.29) is 11.8 Å². The second kappa shape index (κ2) is 11.5. The van der Waals surface area contributed by atoms with Gasteiger partial charge in [-0.25, -0.2) is 9.97 Å². The van der Waals surface area contributed by atoms with Crippen molar-refractivity contribution in [3.63, 3.8) is 0 Å². The van der Waals surface area contributed by atoms with Crippen molar-refractivity contribution in [3.8, 4) is 11.6 Å². The lowest BCUT2D eigenvalue weighted by Gasteiger charge is -2.30. The molecule has 196 valence electrons. The second-order valence-corrected chi connectivity index (χ2v) is 9.24. The minimum atomic E-state index is -0.0399. The number of benzene rings is 1. The number of nitrogens with zero attached hydrogens (tertiary/aromatic N) is 5. The summed E-state index contributed by atoms with van der Waals surface area (Å²) >= 11 is 0. The van der Waals surface area contributed by atoms with Crippen molar-refractivity contribution < 1.29 is 19.4 Å². The molecule has 5 rings (SSSR count). The summed E-state index contributed by atoms with van der Waals surface area (Å²) in [7, 11) is 1.81. The average molecular weight is 508 g/mol. The third kappa shape index (κ3) is 5.77. The van der Waals surface area contributed by atoms with Gasteiger partial charge in [0.05, 0.1) is 42.1 Å². The zero-order chi connectivity index (χ0) is 25.6. The molecular weight excluding hydrogens is 474 g/mol. The molecule has 1 amide bonds. The van der Waals surface area contributed by atoms with E-state index in [2.05, 4.69) is 30.2 Å². The number of aromatic amines is 1. The highest BCUT2D eigenvalue weighted by atomic mass is 16.5. The first-order valence-electron chi connectivity index (χ1n) is 12.8. The number of H-pyrrole nitrogens is 1. The van der Waals surface area contributed by atoms with Crippen molar-refractivity contribution in [1.82, 2.24) is 19.9 Å². The van der Waals surface area contributed by atoms with E-state index in [0.29, 0.717) is 67.4 Å². The van der Waals surface area contributed by atoms with Crippen LogP contribution in [0.3, 0.4) is 0 Å². The maximum absolute atomic E-state index is 12.6. The number of hydrogen-bond acceptors (Lipinski definition) is 9. The number of nitrogens with one attached hydrogen (secondary N) is 2. The summed E-state index contributed by atoms with van der Waals surface area (Å²) in [6.07, 6.45) is 6.14. The van der Waals surface area contributed by atoms with Crippen LogP contribution in [0.25, 0.3) is 11.0 Å². The molecule has 11 nitrogen and oxygen atoms in total. The zero-order valence-corrected chi connectivity index (χ0v) is 21.1. The number of amides is 1. The van der Waals surface area contributed by atoms with Crippen molar-refractivity contribution in [3.05, 3.63) is 30.1 Å². The van der Waals surface area contributed by atoms with Gasteiger partial charge in [-0.1, -0.05) is 0 Å². The van der Waals surface area contributed by atoms with Crippen molar-refractivity contribution in [2.75, 3.05) is 63.3 Å². The highest BCUT2D eigenvalue weighted by Crippen LogP contribution is 2.34. The van der Waals surface area contributed by atoms with Crippen LogP contribution in [0, 0.1) is 0 Å². The van der Waals surface area contributed by atoms with Crippen LogP contribution in [0.15, 0.2) is 29.5 Å². The maximum atomic E-state index is 12.6. The lowest BCUT2D eigenvalue weighted by molar-refractivity contribution is -0.129. The van der Waals surface area contributed by atoms with Gasteiger partial charge in [-0.3, -0.25) is 9.79 Å². The largest absolute Gasteiger partial charge is 0.494 e. The number of aliphatic imine (C=N–C) groups is 1. The molecule has 2 aromatic heterocycles. The van der Waals surface area contributed by atoms with Crippen LogP contribution in [-0.2, 0) is 9.53 Å². The zero-order valence-electron chi connectivity index (χ0n) is 21.1. The van der Waals surface area contributed by atoms with Crippen LogP contribution in [0.2, 0.25) is 0 Å². The van der Waals surface area contributed by atoms with E-state index >= 15 is 0 Å². The highest BCUT2D eigenvalue weighted by Gasteiger charge is 2.18. The van der Waals surface area contributed by atoms with Gasteiger partial charge in [-0.2, -0.15) is 0 Å². The maximum Gasteiger partial charge on any atom is 0.222 e. The molecule has 11 heteroatoms. The van der Waals surface area contributed by atoms with E-state index in [1.54, 1.807) is 11.1 Å². The van der Waals surface area contributed by atoms with Crippen LogP contribution < -0.4 is 15.0 Å². The van der Waals surface area contributed by atoms with Gasteiger partial charge >= 0.3 is 0 Å². The Kier molecular flexibility index (Phi) is 7.69. The Balaban J connectivity index is 1.49. The van der Waals surface area contributed by atoms with Crippen molar-refractivity contribution >= 4 is 40.3 Å². The minimum Gasteiger partial charge on any atom is -0.494 e. The van der Waals surface area contributed by atoms with Gasteiger partial charge in [-0.05, 0) is 31.4 Å². The van der Waals surface area contributed by atoms with E-state index in [1.807, 2.05) is 25.2 Å². The lowest BCUT2D eigenvalue weighted by atomic mass is 10.2. The number of likely N-dealkylation sites (N-methyl/N-ethyl adjacent to an activating group) is 1. The van der Waals surface area contributed by atoms with E-state index in [1.165, 1.54) is 6.33 Å². The van der Waals surface area contributed by atoms with Gasteiger partial charge in [0.1, 0.15) is 23.5 Å². The van der Waals surface area contributed by atoms with Gasteiger partial charge < -0.3 is 34.7 Å². The molecule has 1 saturated heterocycles. The molecular formula is C26H33N7O4. The van der Waals surface area contributed by atoms with Gasteiger partial charge in [0.2, 0.25) is 5.91 Å². The van der Waals surface area contributed by atoms with Crippen LogP contribution in [0.5, 0.6) is 11.6 Å². The molecule has 0 aliphatic carbocycles. The van der Waals surface area contributed by atoms with E-state index in [9.17, 15) is 9.90 Å².